The van der Waals surface area contributed by atoms with Gasteiger partial charge in [0.15, 0.2) is 5.76 Å². The number of hydrogen-bond donors (Lipinski definition) is 1. The van der Waals surface area contributed by atoms with Gasteiger partial charge in [0.2, 0.25) is 11.8 Å². The van der Waals surface area contributed by atoms with Crippen LogP contribution in [0.4, 0.5) is 0 Å². The van der Waals surface area contributed by atoms with Gasteiger partial charge in [-0.3, -0.25) is 14.4 Å². The normalized spacial score (nSPS) is 24.9. The van der Waals surface area contributed by atoms with Crippen molar-refractivity contribution >= 4 is 17.7 Å². The number of nitrogens with one attached hydrogen (secondary N) is 1. The first kappa shape index (κ1) is 19.0. The molecular weight excluding hydrogens is 358 g/mol. The molecule has 0 radical (unpaired) electrons. The summed E-state index contributed by atoms with van der Waals surface area (Å²) >= 11 is 0. The first-order valence-corrected chi connectivity index (χ1v) is 10.5. The zero-order chi connectivity index (χ0) is 19.7. The molecule has 1 saturated carbocycles. The van der Waals surface area contributed by atoms with E-state index in [1.165, 1.54) is 6.26 Å². The van der Waals surface area contributed by atoms with E-state index in [1.807, 2.05) is 6.92 Å². The van der Waals surface area contributed by atoms with E-state index in [0.717, 1.165) is 25.7 Å². The van der Waals surface area contributed by atoms with Crippen LogP contribution in [-0.2, 0) is 9.59 Å². The van der Waals surface area contributed by atoms with E-state index < -0.39 is 5.41 Å². The summed E-state index contributed by atoms with van der Waals surface area (Å²) in [6, 6.07) is 3.23. The van der Waals surface area contributed by atoms with Crippen LogP contribution in [0.5, 0.6) is 0 Å². The van der Waals surface area contributed by atoms with Crippen molar-refractivity contribution < 1.29 is 18.8 Å². The highest BCUT2D eigenvalue weighted by molar-refractivity contribution is 5.95. The Morgan fingerprint density at radius 2 is 1.96 bits per heavy atom. The van der Waals surface area contributed by atoms with Crippen LogP contribution in [0.15, 0.2) is 22.8 Å². The van der Waals surface area contributed by atoms with Crippen LogP contribution in [0.2, 0.25) is 0 Å². The molecule has 1 unspecified atom stereocenters. The molecule has 0 aromatic carbocycles. The molecule has 3 aliphatic rings. The molecule has 28 heavy (non-hydrogen) atoms. The number of piperidine rings is 1. The molecule has 3 heterocycles. The summed E-state index contributed by atoms with van der Waals surface area (Å²) in [5.41, 5.74) is -0.520. The fraction of sp³-hybridized carbons (Fsp3) is 0.667. The van der Waals surface area contributed by atoms with E-state index in [-0.39, 0.29) is 29.8 Å². The van der Waals surface area contributed by atoms with Gasteiger partial charge in [-0.1, -0.05) is 12.8 Å². The Kier molecular flexibility index (Phi) is 5.17. The van der Waals surface area contributed by atoms with Gasteiger partial charge in [0.25, 0.3) is 5.91 Å². The lowest BCUT2D eigenvalue weighted by Crippen LogP contribution is -2.48. The highest BCUT2D eigenvalue weighted by Crippen LogP contribution is 2.44. The maximum absolute atomic E-state index is 13.2. The fourth-order valence-corrected chi connectivity index (χ4v) is 5.09. The molecule has 152 valence electrons. The molecule has 0 bridgehead atoms. The van der Waals surface area contributed by atoms with Gasteiger partial charge in [-0.2, -0.15) is 0 Å². The number of nitrogens with zero attached hydrogens (tertiary/aromatic N) is 2. The van der Waals surface area contributed by atoms with Crippen molar-refractivity contribution in [1.82, 2.24) is 15.1 Å². The minimum atomic E-state index is -0.520. The van der Waals surface area contributed by atoms with Crippen LogP contribution in [0, 0.1) is 5.41 Å². The molecule has 7 heteroatoms. The summed E-state index contributed by atoms with van der Waals surface area (Å²) in [4.78, 5) is 42.1. The summed E-state index contributed by atoms with van der Waals surface area (Å²) in [6.07, 6.45) is 7.64. The van der Waals surface area contributed by atoms with Gasteiger partial charge in [-0.15, -0.1) is 0 Å². The second-order valence-corrected chi connectivity index (χ2v) is 8.35. The molecule has 1 spiro atoms. The van der Waals surface area contributed by atoms with E-state index in [4.69, 9.17) is 4.42 Å². The highest BCUT2D eigenvalue weighted by Gasteiger charge is 2.54. The maximum atomic E-state index is 13.2. The maximum Gasteiger partial charge on any atom is 0.289 e. The Bertz CT molecular complexity index is 731. The van der Waals surface area contributed by atoms with Gasteiger partial charge in [0.05, 0.1) is 11.7 Å². The standard InChI is InChI=1S/C21H29N3O4/c1-2-24-16(18(25)22-15-6-3-4-7-15)14-21(20(24)27)9-11-23(12-10-21)19(26)17-8-5-13-28-17/h5,8,13,15-16H,2-4,6-7,9-12,14H2,1H3,(H,22,25). The van der Waals surface area contributed by atoms with Crippen molar-refractivity contribution in [1.29, 1.82) is 0 Å². The number of furan rings is 1. The van der Waals surface area contributed by atoms with Gasteiger partial charge in [0.1, 0.15) is 6.04 Å². The molecule has 3 fully saturated rings. The lowest BCUT2D eigenvalue weighted by molar-refractivity contribution is -0.141. The van der Waals surface area contributed by atoms with Crippen LogP contribution in [0.25, 0.3) is 0 Å². The lowest BCUT2D eigenvalue weighted by Gasteiger charge is -2.37. The van der Waals surface area contributed by atoms with E-state index in [2.05, 4.69) is 5.32 Å². The number of carbonyl (C=O) groups excluding carboxylic acids is 3. The van der Waals surface area contributed by atoms with Gasteiger partial charge < -0.3 is 19.5 Å². The van der Waals surface area contributed by atoms with Crippen molar-refractivity contribution in [3.63, 3.8) is 0 Å². The first-order valence-electron chi connectivity index (χ1n) is 10.5. The number of carbonyl (C=O) groups is 3. The highest BCUT2D eigenvalue weighted by atomic mass is 16.3. The molecule has 2 aliphatic heterocycles. The molecule has 4 rings (SSSR count). The number of rotatable bonds is 4. The van der Waals surface area contributed by atoms with Crippen molar-refractivity contribution in [2.24, 2.45) is 5.41 Å². The SMILES string of the molecule is CCN1C(=O)C2(CCN(C(=O)c3ccco3)CC2)CC1C(=O)NC1CCCC1. The Hall–Kier alpha value is -2.31. The number of hydrogen-bond acceptors (Lipinski definition) is 4. The predicted molar refractivity (Wildman–Crippen MR) is 102 cm³/mol. The molecule has 1 atom stereocenters. The summed E-state index contributed by atoms with van der Waals surface area (Å²) in [5, 5.41) is 3.16. The van der Waals surface area contributed by atoms with E-state index in [0.29, 0.717) is 44.7 Å². The molecule has 3 amide bonds. The Labute approximate surface area is 165 Å². The number of likely N-dealkylation sites (N-methyl/N-ethyl adjacent to an activating group) is 1. The summed E-state index contributed by atoms with van der Waals surface area (Å²) < 4.78 is 5.21. The lowest BCUT2D eigenvalue weighted by atomic mass is 9.76. The van der Waals surface area contributed by atoms with Crippen LogP contribution in [0.1, 0.15) is 62.4 Å². The quantitative estimate of drug-likeness (QED) is 0.858. The average Bonchev–Trinajstić information content (AvgIpc) is 3.45. The topological polar surface area (TPSA) is 82.9 Å². The molecule has 1 aromatic rings. The molecule has 1 aromatic heterocycles. The van der Waals surface area contributed by atoms with Gasteiger partial charge in [0, 0.05) is 25.7 Å². The predicted octanol–water partition coefficient (Wildman–Crippen LogP) is 2.18. The zero-order valence-corrected chi connectivity index (χ0v) is 16.5. The van der Waals surface area contributed by atoms with Crippen LogP contribution < -0.4 is 5.32 Å². The third-order valence-corrected chi connectivity index (χ3v) is 6.76. The summed E-state index contributed by atoms with van der Waals surface area (Å²) in [5.74, 6) is 0.269. The smallest absolute Gasteiger partial charge is 0.289 e. The monoisotopic (exact) mass is 387 g/mol. The summed E-state index contributed by atoms with van der Waals surface area (Å²) in [6.45, 7) is 3.50. The second kappa shape index (κ2) is 7.60. The zero-order valence-electron chi connectivity index (χ0n) is 16.5. The number of likely N-dealkylation sites (tertiary alicyclic amines) is 2. The van der Waals surface area contributed by atoms with E-state index in [1.54, 1.807) is 21.9 Å². The van der Waals surface area contributed by atoms with Crippen LogP contribution >= 0.6 is 0 Å². The first-order chi connectivity index (χ1) is 13.5. The van der Waals surface area contributed by atoms with Crippen molar-refractivity contribution in [2.75, 3.05) is 19.6 Å². The summed E-state index contributed by atoms with van der Waals surface area (Å²) in [7, 11) is 0. The van der Waals surface area contributed by atoms with E-state index in [9.17, 15) is 14.4 Å². The van der Waals surface area contributed by atoms with Crippen molar-refractivity contribution in [2.45, 2.75) is 64.0 Å². The fourth-order valence-electron chi connectivity index (χ4n) is 5.09. The van der Waals surface area contributed by atoms with Crippen LogP contribution in [0.3, 0.4) is 0 Å². The van der Waals surface area contributed by atoms with E-state index >= 15 is 0 Å². The molecule has 1 aliphatic carbocycles. The van der Waals surface area contributed by atoms with Gasteiger partial charge in [-0.25, -0.2) is 0 Å². The Morgan fingerprint density at radius 1 is 1.25 bits per heavy atom. The Balaban J connectivity index is 1.42. The van der Waals surface area contributed by atoms with Crippen molar-refractivity contribution in [3.8, 4) is 0 Å². The molecule has 2 saturated heterocycles. The van der Waals surface area contributed by atoms with Gasteiger partial charge in [-0.05, 0) is 51.2 Å². The largest absolute Gasteiger partial charge is 0.459 e. The molecular formula is C21H29N3O4. The third kappa shape index (κ3) is 3.31. The second-order valence-electron chi connectivity index (χ2n) is 8.35. The van der Waals surface area contributed by atoms with Crippen LogP contribution in [-0.4, -0.2) is 59.2 Å². The minimum absolute atomic E-state index is 0.00642. The average molecular weight is 387 g/mol. The minimum Gasteiger partial charge on any atom is -0.459 e. The molecule has 7 nitrogen and oxygen atoms in total. The number of amides is 3. The van der Waals surface area contributed by atoms with Crippen molar-refractivity contribution in [3.05, 3.63) is 24.2 Å². The third-order valence-electron chi connectivity index (χ3n) is 6.76. The Morgan fingerprint density at radius 3 is 2.57 bits per heavy atom. The molecule has 1 N–H and O–H groups in total. The van der Waals surface area contributed by atoms with Gasteiger partial charge >= 0.3 is 0 Å².